The van der Waals surface area contributed by atoms with Gasteiger partial charge in [-0.2, -0.15) is 0 Å². The van der Waals surface area contributed by atoms with E-state index in [-0.39, 0.29) is 5.91 Å². The van der Waals surface area contributed by atoms with Crippen molar-refractivity contribution in [3.63, 3.8) is 0 Å². The number of hydrogen-bond donors (Lipinski definition) is 1. The van der Waals surface area contributed by atoms with Gasteiger partial charge < -0.3 is 14.5 Å². The van der Waals surface area contributed by atoms with Crippen LogP contribution in [0.2, 0.25) is 0 Å². The molecule has 0 aliphatic carbocycles. The summed E-state index contributed by atoms with van der Waals surface area (Å²) in [6.45, 7) is 1.46. The maximum atomic E-state index is 11.6. The van der Waals surface area contributed by atoms with Crippen LogP contribution in [0.5, 0.6) is 0 Å². The van der Waals surface area contributed by atoms with E-state index >= 15 is 0 Å². The van der Waals surface area contributed by atoms with Crippen molar-refractivity contribution in [3.05, 3.63) is 22.6 Å². The molecule has 90 valence electrons. The van der Waals surface area contributed by atoms with Crippen molar-refractivity contribution < 1.29 is 13.9 Å². The lowest BCUT2D eigenvalue weighted by atomic mass is 10.2. The maximum Gasteiger partial charge on any atom is 0.255 e. The molecule has 0 bridgehead atoms. The van der Waals surface area contributed by atoms with Crippen LogP contribution in [-0.4, -0.2) is 26.2 Å². The first-order chi connectivity index (χ1) is 7.75. The average Bonchev–Trinajstić information content (AvgIpc) is 2.69. The SMILES string of the molecule is COCCCCCNC(=O)c1ccoc1Br. The van der Waals surface area contributed by atoms with E-state index in [2.05, 4.69) is 21.2 Å². The molecule has 5 heteroatoms. The van der Waals surface area contributed by atoms with Gasteiger partial charge in [-0.05, 0) is 41.3 Å². The molecule has 0 aliphatic heterocycles. The van der Waals surface area contributed by atoms with Gasteiger partial charge in [0.2, 0.25) is 0 Å². The summed E-state index contributed by atoms with van der Waals surface area (Å²) in [7, 11) is 1.69. The molecule has 0 radical (unpaired) electrons. The predicted molar refractivity (Wildman–Crippen MR) is 64.5 cm³/mol. The lowest BCUT2D eigenvalue weighted by Crippen LogP contribution is -2.24. The van der Waals surface area contributed by atoms with Gasteiger partial charge in [0, 0.05) is 20.3 Å². The molecule has 1 aromatic heterocycles. The Bertz CT molecular complexity index is 325. The van der Waals surface area contributed by atoms with Gasteiger partial charge in [-0.3, -0.25) is 4.79 Å². The van der Waals surface area contributed by atoms with Gasteiger partial charge in [0.15, 0.2) is 4.67 Å². The van der Waals surface area contributed by atoms with Crippen molar-refractivity contribution in [2.75, 3.05) is 20.3 Å². The van der Waals surface area contributed by atoms with Gasteiger partial charge in [0.05, 0.1) is 11.8 Å². The lowest BCUT2D eigenvalue weighted by molar-refractivity contribution is 0.0951. The minimum absolute atomic E-state index is 0.104. The van der Waals surface area contributed by atoms with Crippen molar-refractivity contribution in [1.29, 1.82) is 0 Å². The van der Waals surface area contributed by atoms with E-state index in [4.69, 9.17) is 9.15 Å². The summed E-state index contributed by atoms with van der Waals surface area (Å²) in [5, 5.41) is 2.83. The number of halogens is 1. The Kier molecular flexibility index (Phi) is 6.18. The number of ether oxygens (including phenoxy) is 1. The third-order valence-corrected chi connectivity index (χ3v) is 2.79. The van der Waals surface area contributed by atoms with Crippen molar-refractivity contribution in [3.8, 4) is 0 Å². The Labute approximate surface area is 103 Å². The second kappa shape index (κ2) is 7.46. The first-order valence-corrected chi connectivity index (χ1v) is 6.05. The van der Waals surface area contributed by atoms with E-state index in [1.807, 2.05) is 0 Å². The van der Waals surface area contributed by atoms with Crippen molar-refractivity contribution in [2.45, 2.75) is 19.3 Å². The molecule has 1 rings (SSSR count). The molecule has 0 unspecified atom stereocenters. The molecule has 1 aromatic rings. The number of rotatable bonds is 7. The fourth-order valence-corrected chi connectivity index (χ4v) is 1.72. The third kappa shape index (κ3) is 4.37. The highest BCUT2D eigenvalue weighted by Gasteiger charge is 2.11. The van der Waals surface area contributed by atoms with Gasteiger partial charge >= 0.3 is 0 Å². The largest absolute Gasteiger partial charge is 0.457 e. The quantitative estimate of drug-likeness (QED) is 0.785. The van der Waals surface area contributed by atoms with E-state index in [1.54, 1.807) is 13.2 Å². The zero-order valence-corrected chi connectivity index (χ0v) is 10.9. The fourth-order valence-electron chi connectivity index (χ4n) is 1.30. The molecule has 4 nitrogen and oxygen atoms in total. The van der Waals surface area contributed by atoms with Gasteiger partial charge in [-0.15, -0.1) is 0 Å². The van der Waals surface area contributed by atoms with Crippen molar-refractivity contribution in [2.24, 2.45) is 0 Å². The van der Waals surface area contributed by atoms with E-state index in [0.717, 1.165) is 25.9 Å². The number of unbranched alkanes of at least 4 members (excludes halogenated alkanes) is 2. The second-order valence-electron chi connectivity index (χ2n) is 3.42. The van der Waals surface area contributed by atoms with E-state index in [0.29, 0.717) is 16.8 Å². The molecule has 1 heterocycles. The smallest absolute Gasteiger partial charge is 0.255 e. The first kappa shape index (κ1) is 13.3. The monoisotopic (exact) mass is 289 g/mol. The minimum atomic E-state index is -0.104. The summed E-state index contributed by atoms with van der Waals surface area (Å²) in [5.41, 5.74) is 0.539. The van der Waals surface area contributed by atoms with Gasteiger partial charge in [0.25, 0.3) is 5.91 Å². The number of carbonyl (C=O) groups excluding carboxylic acids is 1. The van der Waals surface area contributed by atoms with Crippen LogP contribution in [-0.2, 0) is 4.74 Å². The highest BCUT2D eigenvalue weighted by molar-refractivity contribution is 9.10. The summed E-state index contributed by atoms with van der Waals surface area (Å²) < 4.78 is 10.4. The van der Waals surface area contributed by atoms with Gasteiger partial charge in [0.1, 0.15) is 0 Å². The zero-order valence-electron chi connectivity index (χ0n) is 9.29. The Balaban J connectivity index is 2.14. The number of amides is 1. The number of methoxy groups -OCH3 is 1. The summed E-state index contributed by atoms with van der Waals surface area (Å²) in [5.74, 6) is -0.104. The van der Waals surface area contributed by atoms with Gasteiger partial charge in [-0.25, -0.2) is 0 Å². The molecular weight excluding hydrogens is 274 g/mol. The number of hydrogen-bond acceptors (Lipinski definition) is 3. The average molecular weight is 290 g/mol. The molecular formula is C11H16BrNO3. The number of furan rings is 1. The Morgan fingerprint density at radius 3 is 2.94 bits per heavy atom. The molecule has 0 aliphatic rings. The Morgan fingerprint density at radius 1 is 1.50 bits per heavy atom. The third-order valence-electron chi connectivity index (χ3n) is 2.17. The molecule has 0 fully saturated rings. The summed E-state index contributed by atoms with van der Waals surface area (Å²) in [6.07, 6.45) is 4.53. The minimum Gasteiger partial charge on any atom is -0.457 e. The van der Waals surface area contributed by atoms with Crippen LogP contribution in [0.4, 0.5) is 0 Å². The molecule has 16 heavy (non-hydrogen) atoms. The van der Waals surface area contributed by atoms with Crippen molar-refractivity contribution in [1.82, 2.24) is 5.32 Å². The van der Waals surface area contributed by atoms with Crippen LogP contribution in [0.1, 0.15) is 29.6 Å². The Hall–Kier alpha value is -0.810. The maximum absolute atomic E-state index is 11.6. The van der Waals surface area contributed by atoms with E-state index < -0.39 is 0 Å². The number of nitrogens with one attached hydrogen (secondary N) is 1. The summed E-state index contributed by atoms with van der Waals surface area (Å²) in [6, 6.07) is 1.64. The molecule has 1 amide bonds. The standard InChI is InChI=1S/C11H16BrNO3/c1-15-7-4-2-3-6-13-11(14)9-5-8-16-10(9)12/h5,8H,2-4,6-7H2,1H3,(H,13,14). The molecule has 1 N–H and O–H groups in total. The topological polar surface area (TPSA) is 51.5 Å². The van der Waals surface area contributed by atoms with E-state index in [1.165, 1.54) is 6.26 Å². The molecule has 0 aromatic carbocycles. The number of carbonyl (C=O) groups is 1. The first-order valence-electron chi connectivity index (χ1n) is 5.26. The highest BCUT2D eigenvalue weighted by atomic mass is 79.9. The lowest BCUT2D eigenvalue weighted by Gasteiger charge is -2.03. The predicted octanol–water partition coefficient (Wildman–Crippen LogP) is 2.59. The van der Waals surface area contributed by atoms with Crippen LogP contribution < -0.4 is 5.32 Å². The summed E-state index contributed by atoms with van der Waals surface area (Å²) >= 11 is 3.17. The van der Waals surface area contributed by atoms with Crippen LogP contribution in [0.25, 0.3) is 0 Å². The summed E-state index contributed by atoms with van der Waals surface area (Å²) in [4.78, 5) is 11.6. The highest BCUT2D eigenvalue weighted by Crippen LogP contribution is 2.16. The van der Waals surface area contributed by atoms with E-state index in [9.17, 15) is 4.79 Å². The van der Waals surface area contributed by atoms with Crippen LogP contribution in [0.3, 0.4) is 0 Å². The Morgan fingerprint density at radius 2 is 2.31 bits per heavy atom. The molecule has 0 saturated carbocycles. The van der Waals surface area contributed by atoms with Crippen LogP contribution in [0, 0.1) is 0 Å². The van der Waals surface area contributed by atoms with Crippen LogP contribution >= 0.6 is 15.9 Å². The second-order valence-corrected chi connectivity index (χ2v) is 4.14. The normalized spacial score (nSPS) is 10.4. The van der Waals surface area contributed by atoms with Crippen LogP contribution in [0.15, 0.2) is 21.4 Å². The molecule has 0 saturated heterocycles. The zero-order chi connectivity index (χ0) is 11.8. The van der Waals surface area contributed by atoms with Gasteiger partial charge in [-0.1, -0.05) is 0 Å². The molecule has 0 atom stereocenters. The van der Waals surface area contributed by atoms with Crippen molar-refractivity contribution >= 4 is 21.8 Å². The molecule has 0 spiro atoms. The fraction of sp³-hybridized carbons (Fsp3) is 0.545.